The summed E-state index contributed by atoms with van der Waals surface area (Å²) in [5.74, 6) is 0.698. The van der Waals surface area contributed by atoms with E-state index < -0.39 is 21.2 Å². The van der Waals surface area contributed by atoms with E-state index in [0.29, 0.717) is 37.8 Å². The van der Waals surface area contributed by atoms with Crippen LogP contribution in [0.5, 0.6) is 0 Å². The molecule has 0 amide bonds. The molecule has 0 aromatic heterocycles. The predicted molar refractivity (Wildman–Crippen MR) is 72.8 cm³/mol. The largest absolute Gasteiger partial charge is 0.368 e. The molecule has 0 aliphatic rings. The van der Waals surface area contributed by atoms with Gasteiger partial charge in [-0.1, -0.05) is 13.8 Å². The highest BCUT2D eigenvalue weighted by molar-refractivity contribution is 7.41. The molecule has 0 aromatic carbocycles. The Morgan fingerprint density at radius 3 is 2.00 bits per heavy atom. The molecular formula is C10H21Cl2O5P. The van der Waals surface area contributed by atoms with Gasteiger partial charge in [0.2, 0.25) is 0 Å². The first-order valence-corrected chi connectivity index (χ1v) is 8.02. The number of halogens is 2. The molecule has 2 unspecified atom stereocenters. The minimum absolute atomic E-state index is 0.322. The van der Waals surface area contributed by atoms with Crippen LogP contribution in [0.4, 0.5) is 0 Å². The van der Waals surface area contributed by atoms with Gasteiger partial charge < -0.3 is 18.9 Å². The quantitative estimate of drug-likeness (QED) is 0.339. The van der Waals surface area contributed by atoms with Crippen LogP contribution in [0.25, 0.3) is 0 Å². The van der Waals surface area contributed by atoms with E-state index in [1.54, 1.807) is 0 Å². The second-order valence-corrected chi connectivity index (χ2v) is 5.14. The lowest BCUT2D eigenvalue weighted by Crippen LogP contribution is -2.22. The van der Waals surface area contributed by atoms with Gasteiger partial charge in [0.25, 0.3) is 0 Å². The smallest absolute Gasteiger partial charge is 0.335 e. The fourth-order valence-electron chi connectivity index (χ4n) is 0.879. The SMILES string of the molecule is CCC(O)OC(CC)OP(OCCCl)OCCCl. The van der Waals surface area contributed by atoms with Gasteiger partial charge in [0.1, 0.15) is 0 Å². The van der Waals surface area contributed by atoms with Gasteiger partial charge in [-0.25, -0.2) is 0 Å². The molecule has 0 radical (unpaired) electrons. The number of hydrogen-bond donors (Lipinski definition) is 1. The molecule has 0 saturated carbocycles. The first-order valence-electron chi connectivity index (χ1n) is 5.86. The zero-order valence-corrected chi connectivity index (χ0v) is 13.1. The van der Waals surface area contributed by atoms with Crippen LogP contribution in [-0.4, -0.2) is 42.7 Å². The standard InChI is InChI=1S/C10H21Cl2O5P/c1-3-9(13)16-10(4-2)17-18(14-7-5-11)15-8-6-12/h9-10,13H,3-8H2,1-2H3. The summed E-state index contributed by atoms with van der Waals surface area (Å²) in [6, 6.07) is 0. The fourth-order valence-corrected chi connectivity index (χ4v) is 2.32. The molecule has 0 aromatic rings. The minimum Gasteiger partial charge on any atom is -0.368 e. The molecule has 110 valence electrons. The molecule has 0 fully saturated rings. The van der Waals surface area contributed by atoms with Crippen molar-refractivity contribution in [2.45, 2.75) is 39.3 Å². The van der Waals surface area contributed by atoms with Crippen molar-refractivity contribution < 1.29 is 23.4 Å². The zero-order chi connectivity index (χ0) is 13.8. The van der Waals surface area contributed by atoms with Gasteiger partial charge in [-0.3, -0.25) is 4.52 Å². The normalized spacial score (nSPS) is 15.0. The summed E-state index contributed by atoms with van der Waals surface area (Å²) < 4.78 is 21.4. The highest BCUT2D eigenvalue weighted by atomic mass is 35.5. The fraction of sp³-hybridized carbons (Fsp3) is 1.00. The summed E-state index contributed by atoms with van der Waals surface area (Å²) in [6.07, 6.45) is -0.364. The topological polar surface area (TPSA) is 57.2 Å². The monoisotopic (exact) mass is 322 g/mol. The van der Waals surface area contributed by atoms with E-state index in [-0.39, 0.29) is 0 Å². The summed E-state index contributed by atoms with van der Waals surface area (Å²) in [6.45, 7) is 4.34. The van der Waals surface area contributed by atoms with Crippen LogP contribution in [0.1, 0.15) is 26.7 Å². The number of alkyl halides is 2. The van der Waals surface area contributed by atoms with E-state index in [0.717, 1.165) is 0 Å². The van der Waals surface area contributed by atoms with E-state index in [9.17, 15) is 5.11 Å². The highest BCUT2D eigenvalue weighted by Crippen LogP contribution is 2.41. The Morgan fingerprint density at radius 2 is 1.61 bits per heavy atom. The molecule has 0 heterocycles. The molecule has 0 rings (SSSR count). The molecule has 8 heteroatoms. The van der Waals surface area contributed by atoms with Crippen molar-refractivity contribution in [3.8, 4) is 0 Å². The minimum atomic E-state index is -1.56. The zero-order valence-electron chi connectivity index (χ0n) is 10.7. The van der Waals surface area contributed by atoms with Crippen molar-refractivity contribution in [3.63, 3.8) is 0 Å². The number of aliphatic hydroxyl groups excluding tert-OH is 1. The van der Waals surface area contributed by atoms with Crippen molar-refractivity contribution in [2.24, 2.45) is 0 Å². The average molecular weight is 323 g/mol. The van der Waals surface area contributed by atoms with E-state index >= 15 is 0 Å². The summed E-state index contributed by atoms with van der Waals surface area (Å²) >= 11 is 11.1. The second-order valence-electron chi connectivity index (χ2n) is 3.21. The molecule has 0 saturated heterocycles. The average Bonchev–Trinajstić information content (AvgIpc) is 2.40. The maximum absolute atomic E-state index is 9.41. The molecular weight excluding hydrogens is 302 g/mol. The number of ether oxygens (including phenoxy) is 1. The highest BCUT2D eigenvalue weighted by Gasteiger charge is 2.21. The summed E-state index contributed by atoms with van der Waals surface area (Å²) in [5, 5.41) is 9.41. The van der Waals surface area contributed by atoms with Crippen LogP contribution in [0.15, 0.2) is 0 Å². The molecule has 0 bridgehead atoms. The Hall–Kier alpha value is 0.810. The molecule has 5 nitrogen and oxygen atoms in total. The lowest BCUT2D eigenvalue weighted by atomic mass is 10.4. The van der Waals surface area contributed by atoms with Crippen LogP contribution < -0.4 is 0 Å². The molecule has 2 atom stereocenters. The second kappa shape index (κ2) is 12.8. The van der Waals surface area contributed by atoms with Gasteiger partial charge in [0, 0.05) is 11.8 Å². The lowest BCUT2D eigenvalue weighted by Gasteiger charge is -2.23. The van der Waals surface area contributed by atoms with Crippen LogP contribution in [0, 0.1) is 0 Å². The van der Waals surface area contributed by atoms with Crippen LogP contribution in [0.3, 0.4) is 0 Å². The third-order valence-electron chi connectivity index (χ3n) is 1.74. The first kappa shape index (κ1) is 18.8. The van der Waals surface area contributed by atoms with Gasteiger partial charge in [-0.15, -0.1) is 23.2 Å². The van der Waals surface area contributed by atoms with E-state index in [1.165, 1.54) is 0 Å². The van der Waals surface area contributed by atoms with Crippen molar-refractivity contribution in [1.29, 1.82) is 0 Å². The Kier molecular flexibility index (Phi) is 13.4. The lowest BCUT2D eigenvalue weighted by molar-refractivity contribution is -0.200. The van der Waals surface area contributed by atoms with Gasteiger partial charge in [0.05, 0.1) is 13.2 Å². The number of hydrogen-bond acceptors (Lipinski definition) is 5. The van der Waals surface area contributed by atoms with Crippen molar-refractivity contribution >= 4 is 31.8 Å². The van der Waals surface area contributed by atoms with Crippen molar-refractivity contribution in [1.82, 2.24) is 0 Å². The number of aliphatic hydroxyl groups is 1. The van der Waals surface area contributed by atoms with Crippen molar-refractivity contribution in [2.75, 3.05) is 25.0 Å². The molecule has 1 N–H and O–H groups in total. The van der Waals surface area contributed by atoms with Crippen LogP contribution in [-0.2, 0) is 18.3 Å². The Balaban J connectivity index is 4.13. The first-order chi connectivity index (χ1) is 8.67. The Labute approximate surface area is 120 Å². The van der Waals surface area contributed by atoms with E-state index in [4.69, 9.17) is 41.5 Å². The molecule has 0 spiro atoms. The third-order valence-corrected chi connectivity index (χ3v) is 3.25. The predicted octanol–water partition coefficient (Wildman–Crippen LogP) is 3.22. The van der Waals surface area contributed by atoms with Gasteiger partial charge in [0.15, 0.2) is 12.6 Å². The van der Waals surface area contributed by atoms with Gasteiger partial charge in [-0.05, 0) is 12.8 Å². The third kappa shape index (κ3) is 9.70. The van der Waals surface area contributed by atoms with Crippen LogP contribution in [0.2, 0.25) is 0 Å². The van der Waals surface area contributed by atoms with Crippen molar-refractivity contribution in [3.05, 3.63) is 0 Å². The maximum Gasteiger partial charge on any atom is 0.335 e. The van der Waals surface area contributed by atoms with E-state index in [2.05, 4.69) is 0 Å². The Bertz CT molecular complexity index is 182. The molecule has 18 heavy (non-hydrogen) atoms. The Morgan fingerprint density at radius 1 is 1.06 bits per heavy atom. The molecule has 0 aliphatic carbocycles. The number of rotatable bonds is 12. The van der Waals surface area contributed by atoms with Crippen LogP contribution >= 0.6 is 31.8 Å². The van der Waals surface area contributed by atoms with Gasteiger partial charge in [-0.2, -0.15) is 0 Å². The van der Waals surface area contributed by atoms with E-state index in [1.807, 2.05) is 13.8 Å². The maximum atomic E-state index is 9.41. The summed E-state index contributed by atoms with van der Waals surface area (Å²) in [4.78, 5) is 0. The summed E-state index contributed by atoms with van der Waals surface area (Å²) in [5.41, 5.74) is 0. The molecule has 0 aliphatic heterocycles. The summed E-state index contributed by atoms with van der Waals surface area (Å²) in [7, 11) is -1.56. The van der Waals surface area contributed by atoms with Gasteiger partial charge >= 0.3 is 8.60 Å².